The van der Waals surface area contributed by atoms with Gasteiger partial charge in [-0.05, 0) is 30.2 Å². The minimum Gasteiger partial charge on any atom is -0.457 e. The van der Waals surface area contributed by atoms with E-state index in [0.29, 0.717) is 12.5 Å². The van der Waals surface area contributed by atoms with Gasteiger partial charge in [-0.15, -0.1) is 0 Å². The largest absolute Gasteiger partial charge is 0.457 e. The van der Waals surface area contributed by atoms with Gasteiger partial charge in [0.25, 0.3) is 0 Å². The van der Waals surface area contributed by atoms with Crippen molar-refractivity contribution in [2.45, 2.75) is 32.9 Å². The molecule has 0 atom stereocenters. The number of aliphatic hydroxyl groups excluding tert-OH is 1. The standard InChI is InChI=1S/C18H23NO2/c1-14(2)19-13-16-5-3-4-6-18(16)21-17-9-7-15(8-10-17)11-12-20/h3-10,14,19-20H,11-13H2,1-2H3. The molecule has 3 heteroatoms. The summed E-state index contributed by atoms with van der Waals surface area (Å²) in [6.45, 7) is 5.22. The van der Waals surface area contributed by atoms with Gasteiger partial charge in [-0.25, -0.2) is 0 Å². The first-order chi connectivity index (χ1) is 10.2. The summed E-state index contributed by atoms with van der Waals surface area (Å²) in [6.07, 6.45) is 0.676. The van der Waals surface area contributed by atoms with Crippen LogP contribution in [0.1, 0.15) is 25.0 Å². The van der Waals surface area contributed by atoms with E-state index in [4.69, 9.17) is 9.84 Å². The van der Waals surface area contributed by atoms with Crippen LogP contribution in [0.3, 0.4) is 0 Å². The second kappa shape index (κ2) is 7.81. The average Bonchev–Trinajstić information content (AvgIpc) is 2.48. The number of rotatable bonds is 7. The van der Waals surface area contributed by atoms with Gasteiger partial charge in [0.1, 0.15) is 11.5 Å². The van der Waals surface area contributed by atoms with Crippen molar-refractivity contribution in [1.82, 2.24) is 5.32 Å². The Morgan fingerprint density at radius 1 is 1.05 bits per heavy atom. The lowest BCUT2D eigenvalue weighted by atomic mass is 10.1. The van der Waals surface area contributed by atoms with Gasteiger partial charge in [-0.2, -0.15) is 0 Å². The minimum absolute atomic E-state index is 0.171. The minimum atomic E-state index is 0.171. The summed E-state index contributed by atoms with van der Waals surface area (Å²) in [4.78, 5) is 0. The fraction of sp³-hybridized carbons (Fsp3) is 0.333. The van der Waals surface area contributed by atoms with Crippen molar-refractivity contribution in [3.8, 4) is 11.5 Å². The molecule has 0 heterocycles. The normalized spacial score (nSPS) is 10.9. The highest BCUT2D eigenvalue weighted by Crippen LogP contribution is 2.25. The third-order valence-corrected chi connectivity index (χ3v) is 3.23. The van der Waals surface area contributed by atoms with Crippen LogP contribution in [-0.4, -0.2) is 17.8 Å². The van der Waals surface area contributed by atoms with Gasteiger partial charge in [-0.3, -0.25) is 0 Å². The molecule has 112 valence electrons. The lowest BCUT2D eigenvalue weighted by molar-refractivity contribution is 0.299. The van der Waals surface area contributed by atoms with Crippen LogP contribution in [-0.2, 0) is 13.0 Å². The van der Waals surface area contributed by atoms with Crippen molar-refractivity contribution in [2.24, 2.45) is 0 Å². The molecule has 0 aliphatic carbocycles. The number of aliphatic hydroxyl groups is 1. The van der Waals surface area contributed by atoms with E-state index in [0.717, 1.165) is 29.2 Å². The molecule has 0 saturated carbocycles. The molecule has 0 unspecified atom stereocenters. The molecule has 0 radical (unpaired) electrons. The zero-order chi connectivity index (χ0) is 15.1. The number of para-hydroxylation sites is 1. The Morgan fingerprint density at radius 2 is 1.76 bits per heavy atom. The first kappa shape index (κ1) is 15.5. The second-order valence-corrected chi connectivity index (χ2v) is 5.36. The van der Waals surface area contributed by atoms with Crippen molar-refractivity contribution in [2.75, 3.05) is 6.61 Å². The Labute approximate surface area is 126 Å². The molecule has 0 saturated heterocycles. The van der Waals surface area contributed by atoms with Crippen LogP contribution in [0, 0.1) is 0 Å². The van der Waals surface area contributed by atoms with E-state index in [2.05, 4.69) is 25.2 Å². The molecule has 21 heavy (non-hydrogen) atoms. The molecule has 0 spiro atoms. The summed E-state index contributed by atoms with van der Waals surface area (Å²) in [5, 5.41) is 12.3. The Bertz CT molecular complexity index is 549. The second-order valence-electron chi connectivity index (χ2n) is 5.36. The van der Waals surface area contributed by atoms with Crippen molar-refractivity contribution in [3.63, 3.8) is 0 Å². The van der Waals surface area contributed by atoms with Gasteiger partial charge in [0.15, 0.2) is 0 Å². The Balaban J connectivity index is 2.08. The zero-order valence-corrected chi connectivity index (χ0v) is 12.7. The van der Waals surface area contributed by atoms with E-state index in [-0.39, 0.29) is 6.61 Å². The van der Waals surface area contributed by atoms with Gasteiger partial charge in [0.05, 0.1) is 0 Å². The Kier molecular flexibility index (Phi) is 5.78. The molecule has 2 N–H and O–H groups in total. The van der Waals surface area contributed by atoms with Crippen molar-refractivity contribution >= 4 is 0 Å². The van der Waals surface area contributed by atoms with Gasteiger partial charge in [-0.1, -0.05) is 44.2 Å². The molecule has 0 aromatic heterocycles. The number of hydrogen-bond acceptors (Lipinski definition) is 3. The molecule has 0 aliphatic rings. The molecule has 2 aromatic rings. The van der Waals surface area contributed by atoms with Crippen LogP contribution >= 0.6 is 0 Å². The molecule has 0 bridgehead atoms. The topological polar surface area (TPSA) is 41.5 Å². The highest BCUT2D eigenvalue weighted by atomic mass is 16.5. The molecule has 0 aliphatic heterocycles. The zero-order valence-electron chi connectivity index (χ0n) is 12.7. The predicted molar refractivity (Wildman–Crippen MR) is 85.7 cm³/mol. The van der Waals surface area contributed by atoms with E-state index < -0.39 is 0 Å². The van der Waals surface area contributed by atoms with Crippen LogP contribution in [0.4, 0.5) is 0 Å². The van der Waals surface area contributed by atoms with Gasteiger partial charge >= 0.3 is 0 Å². The highest BCUT2D eigenvalue weighted by Gasteiger charge is 2.05. The summed E-state index contributed by atoms with van der Waals surface area (Å²) in [5.41, 5.74) is 2.25. The lowest BCUT2D eigenvalue weighted by Crippen LogP contribution is -2.22. The fourth-order valence-electron chi connectivity index (χ4n) is 2.04. The molecular weight excluding hydrogens is 262 g/mol. The maximum atomic E-state index is 8.93. The summed E-state index contributed by atoms with van der Waals surface area (Å²) in [7, 11) is 0. The first-order valence-corrected chi connectivity index (χ1v) is 7.38. The summed E-state index contributed by atoms with van der Waals surface area (Å²) < 4.78 is 5.97. The molecule has 2 aromatic carbocycles. The van der Waals surface area contributed by atoms with E-state index in [9.17, 15) is 0 Å². The van der Waals surface area contributed by atoms with E-state index >= 15 is 0 Å². The van der Waals surface area contributed by atoms with Crippen LogP contribution in [0.2, 0.25) is 0 Å². The van der Waals surface area contributed by atoms with Crippen LogP contribution < -0.4 is 10.1 Å². The third-order valence-electron chi connectivity index (χ3n) is 3.23. The summed E-state index contributed by atoms with van der Waals surface area (Å²) in [6, 6.07) is 16.4. The maximum Gasteiger partial charge on any atom is 0.131 e. The highest BCUT2D eigenvalue weighted by molar-refractivity contribution is 5.38. The lowest BCUT2D eigenvalue weighted by Gasteiger charge is -2.13. The molecule has 2 rings (SSSR count). The SMILES string of the molecule is CC(C)NCc1ccccc1Oc1ccc(CCO)cc1. The predicted octanol–water partition coefficient (Wildman–Crippen LogP) is 3.51. The number of benzene rings is 2. The number of ether oxygens (including phenoxy) is 1. The van der Waals surface area contributed by atoms with Crippen LogP contribution in [0.5, 0.6) is 11.5 Å². The maximum absolute atomic E-state index is 8.93. The van der Waals surface area contributed by atoms with Crippen molar-refractivity contribution < 1.29 is 9.84 Å². The Morgan fingerprint density at radius 3 is 2.43 bits per heavy atom. The fourth-order valence-corrected chi connectivity index (χ4v) is 2.04. The van der Waals surface area contributed by atoms with E-state index in [1.54, 1.807) is 0 Å². The third kappa shape index (κ3) is 4.88. The average molecular weight is 285 g/mol. The van der Waals surface area contributed by atoms with Gasteiger partial charge in [0, 0.05) is 24.8 Å². The first-order valence-electron chi connectivity index (χ1n) is 7.38. The smallest absolute Gasteiger partial charge is 0.131 e. The van der Waals surface area contributed by atoms with E-state index in [1.165, 1.54) is 0 Å². The summed E-state index contributed by atoms with van der Waals surface area (Å²) >= 11 is 0. The summed E-state index contributed by atoms with van der Waals surface area (Å²) in [5.74, 6) is 1.69. The molecular formula is C18H23NO2. The van der Waals surface area contributed by atoms with Gasteiger partial charge in [0.2, 0.25) is 0 Å². The van der Waals surface area contributed by atoms with Gasteiger partial charge < -0.3 is 15.2 Å². The molecule has 3 nitrogen and oxygen atoms in total. The molecule has 0 amide bonds. The van der Waals surface area contributed by atoms with Crippen LogP contribution in [0.25, 0.3) is 0 Å². The van der Waals surface area contributed by atoms with E-state index in [1.807, 2.05) is 42.5 Å². The quantitative estimate of drug-likeness (QED) is 0.818. The molecule has 0 fully saturated rings. The Hall–Kier alpha value is -1.84. The monoisotopic (exact) mass is 285 g/mol. The number of nitrogens with one attached hydrogen (secondary N) is 1. The number of hydrogen-bond donors (Lipinski definition) is 2. The van der Waals surface area contributed by atoms with Crippen molar-refractivity contribution in [1.29, 1.82) is 0 Å². The van der Waals surface area contributed by atoms with Crippen molar-refractivity contribution in [3.05, 3.63) is 59.7 Å². The van der Waals surface area contributed by atoms with Crippen LogP contribution in [0.15, 0.2) is 48.5 Å².